The van der Waals surface area contributed by atoms with Gasteiger partial charge in [-0.1, -0.05) is 48.0 Å². The Kier molecular flexibility index (Phi) is 7.65. The lowest BCUT2D eigenvalue weighted by Gasteiger charge is -2.23. The number of carbonyl (C=O) groups excluding carboxylic acids is 2. The van der Waals surface area contributed by atoms with Crippen LogP contribution in [0, 0.1) is 6.92 Å². The van der Waals surface area contributed by atoms with Gasteiger partial charge in [0.2, 0.25) is 0 Å². The molecule has 8 nitrogen and oxygen atoms in total. The maximum atomic E-state index is 13.4. The van der Waals surface area contributed by atoms with Crippen molar-refractivity contribution in [1.82, 2.24) is 19.4 Å². The van der Waals surface area contributed by atoms with Gasteiger partial charge in [-0.3, -0.25) is 9.59 Å². The van der Waals surface area contributed by atoms with Crippen LogP contribution < -0.4 is 11.1 Å². The number of hydrogen-bond acceptors (Lipinski definition) is 5. The zero-order valence-corrected chi connectivity index (χ0v) is 22.0. The quantitative estimate of drug-likeness (QED) is 0.184. The molecule has 2 aromatic heterocycles. The number of aromatic nitrogens is 3. The first-order valence-corrected chi connectivity index (χ1v) is 14.7. The summed E-state index contributed by atoms with van der Waals surface area (Å²) in [5, 5.41) is 8.25. The summed E-state index contributed by atoms with van der Waals surface area (Å²) in [6, 6.07) is 15.0. The third-order valence-corrected chi connectivity index (χ3v) is 7.43. The Bertz CT molecular complexity index is 1360. The van der Waals surface area contributed by atoms with Gasteiger partial charge in [0, 0.05) is 18.1 Å². The Morgan fingerprint density at radius 2 is 1.94 bits per heavy atom. The average Bonchev–Trinajstić information content (AvgIpc) is 3.27. The fourth-order valence-corrected chi connectivity index (χ4v) is 5.33. The van der Waals surface area contributed by atoms with Gasteiger partial charge in [-0.15, -0.1) is 0 Å². The fraction of sp³-hybridized carbons (Fsp3) is 0.130. The molecule has 2 heterocycles. The SMILES string of the molecule is Cc1cc(Cl)ccc1CN(Cc1ccccc1)C(=O)C(=O)Nc1cnc(N)c2cnn(PI)c12. The van der Waals surface area contributed by atoms with Gasteiger partial charge in [-0.2, -0.15) is 5.10 Å². The molecule has 2 amide bonds. The molecule has 174 valence electrons. The van der Waals surface area contributed by atoms with E-state index in [4.69, 9.17) is 17.3 Å². The summed E-state index contributed by atoms with van der Waals surface area (Å²) in [6.07, 6.45) is 3.33. The number of aryl methyl sites for hydroxylation is 1. The number of rotatable bonds is 6. The van der Waals surface area contributed by atoms with Crippen molar-refractivity contribution >= 4 is 74.2 Å². The van der Waals surface area contributed by atoms with Crippen LogP contribution in [0.25, 0.3) is 10.9 Å². The molecule has 34 heavy (non-hydrogen) atoms. The Labute approximate surface area is 216 Å². The monoisotopic (exact) mass is 606 g/mol. The van der Waals surface area contributed by atoms with Crippen LogP contribution in [0.1, 0.15) is 16.7 Å². The van der Waals surface area contributed by atoms with Crippen LogP contribution in [0.3, 0.4) is 0 Å². The average molecular weight is 607 g/mol. The number of hydrogen-bond donors (Lipinski definition) is 2. The molecule has 3 N–H and O–H groups in total. The zero-order chi connectivity index (χ0) is 24.2. The van der Waals surface area contributed by atoms with Crippen molar-refractivity contribution in [2.75, 3.05) is 11.1 Å². The normalized spacial score (nSPS) is 11.3. The van der Waals surface area contributed by atoms with E-state index >= 15 is 0 Å². The largest absolute Gasteiger partial charge is 0.383 e. The predicted molar refractivity (Wildman–Crippen MR) is 145 cm³/mol. The lowest BCUT2D eigenvalue weighted by Crippen LogP contribution is -2.39. The van der Waals surface area contributed by atoms with E-state index in [1.807, 2.05) is 49.4 Å². The molecule has 0 radical (unpaired) electrons. The molecule has 0 bridgehead atoms. The van der Waals surface area contributed by atoms with Gasteiger partial charge >= 0.3 is 11.8 Å². The highest BCUT2D eigenvalue weighted by Gasteiger charge is 2.25. The van der Waals surface area contributed by atoms with Crippen molar-refractivity contribution in [2.24, 2.45) is 0 Å². The van der Waals surface area contributed by atoms with Crippen molar-refractivity contribution in [2.45, 2.75) is 20.0 Å². The van der Waals surface area contributed by atoms with Crippen LogP contribution >= 0.6 is 40.0 Å². The van der Waals surface area contributed by atoms with Crippen molar-refractivity contribution in [3.8, 4) is 0 Å². The summed E-state index contributed by atoms with van der Waals surface area (Å²) in [6.45, 7) is 2.46. The summed E-state index contributed by atoms with van der Waals surface area (Å²) in [5.74, 6) is -1.12. The standard InChI is InChI=1S/C23H21ClIN6O2P/c1-14-9-17(24)8-7-16(14)13-30(12-15-5-3-2-4-6-15)23(33)22(32)29-19-11-27-21(26)18-10-28-31(34-25)20(18)19/h2-11,34H,12-13H2,1H3,(H2,26,27)(H,29,32). The van der Waals surface area contributed by atoms with Crippen LogP contribution in [0.2, 0.25) is 5.02 Å². The number of pyridine rings is 1. The predicted octanol–water partition coefficient (Wildman–Crippen LogP) is 4.93. The minimum Gasteiger partial charge on any atom is -0.383 e. The van der Waals surface area contributed by atoms with Crippen molar-refractivity contribution < 1.29 is 9.59 Å². The summed E-state index contributed by atoms with van der Waals surface area (Å²) in [7, 11) is 0. The molecule has 4 rings (SSSR count). The van der Waals surface area contributed by atoms with Gasteiger partial charge < -0.3 is 16.0 Å². The maximum absolute atomic E-state index is 13.4. The Hall–Kier alpha value is -2.75. The molecule has 0 aliphatic carbocycles. The topological polar surface area (TPSA) is 106 Å². The van der Waals surface area contributed by atoms with E-state index in [-0.39, 0.29) is 19.5 Å². The van der Waals surface area contributed by atoms with Crippen LogP contribution in [-0.2, 0) is 22.7 Å². The summed E-state index contributed by atoms with van der Waals surface area (Å²) < 4.78 is 1.72. The van der Waals surface area contributed by atoms with Gasteiger partial charge in [0.25, 0.3) is 0 Å². The third-order valence-electron chi connectivity index (χ3n) is 5.32. The van der Waals surface area contributed by atoms with Crippen molar-refractivity contribution in [3.05, 3.63) is 82.6 Å². The summed E-state index contributed by atoms with van der Waals surface area (Å²) in [5.41, 5.74) is 9.74. The van der Waals surface area contributed by atoms with E-state index in [2.05, 4.69) is 37.4 Å². The van der Waals surface area contributed by atoms with Crippen LogP contribution in [-0.4, -0.2) is 31.2 Å². The highest BCUT2D eigenvalue weighted by molar-refractivity contribution is 14.2. The molecule has 2 aromatic carbocycles. The first kappa shape index (κ1) is 24.4. The van der Waals surface area contributed by atoms with Gasteiger partial charge in [-0.25, -0.2) is 9.44 Å². The number of nitrogens with one attached hydrogen (secondary N) is 1. The number of nitrogens with two attached hydrogens (primary N) is 1. The number of amides is 2. The molecule has 0 saturated heterocycles. The molecule has 4 aromatic rings. The van der Waals surface area contributed by atoms with E-state index in [0.717, 1.165) is 16.7 Å². The number of anilines is 2. The number of carbonyl (C=O) groups is 2. The molecule has 0 saturated carbocycles. The van der Waals surface area contributed by atoms with Gasteiger partial charge in [0.1, 0.15) is 11.3 Å². The van der Waals surface area contributed by atoms with Crippen LogP contribution in [0.4, 0.5) is 11.5 Å². The van der Waals surface area contributed by atoms with E-state index in [0.29, 0.717) is 27.4 Å². The number of fused-ring (bicyclic) bond motifs is 1. The minimum absolute atomic E-state index is 0.257. The van der Waals surface area contributed by atoms with E-state index in [1.54, 1.807) is 16.7 Å². The Morgan fingerprint density at radius 3 is 2.65 bits per heavy atom. The lowest BCUT2D eigenvalue weighted by atomic mass is 10.1. The molecule has 0 aliphatic heterocycles. The van der Waals surface area contributed by atoms with E-state index in [1.165, 1.54) is 11.1 Å². The van der Waals surface area contributed by atoms with Crippen molar-refractivity contribution in [1.29, 1.82) is 0 Å². The van der Waals surface area contributed by atoms with Crippen LogP contribution in [0.5, 0.6) is 0 Å². The van der Waals surface area contributed by atoms with Crippen molar-refractivity contribution in [3.63, 3.8) is 0 Å². The highest BCUT2D eigenvalue weighted by Crippen LogP contribution is 2.34. The second-order valence-corrected chi connectivity index (χ2v) is 10.1. The number of benzene rings is 2. The second kappa shape index (κ2) is 10.7. The van der Waals surface area contributed by atoms with Gasteiger partial charge in [-0.05, 0) is 57.8 Å². The van der Waals surface area contributed by atoms with E-state index < -0.39 is 11.8 Å². The highest BCUT2D eigenvalue weighted by atomic mass is 127. The molecular formula is C23H21ClIN6O2P. The molecule has 1 unspecified atom stereocenters. The van der Waals surface area contributed by atoms with E-state index in [9.17, 15) is 9.59 Å². The summed E-state index contributed by atoms with van der Waals surface area (Å²) in [4.78, 5) is 32.1. The molecule has 0 aliphatic rings. The number of nitrogen functional groups attached to an aromatic ring is 1. The summed E-state index contributed by atoms with van der Waals surface area (Å²) >= 11 is 8.28. The maximum Gasteiger partial charge on any atom is 0.314 e. The van der Waals surface area contributed by atoms with Crippen LogP contribution in [0.15, 0.2) is 60.9 Å². The smallest absolute Gasteiger partial charge is 0.314 e. The first-order valence-electron chi connectivity index (χ1n) is 10.3. The number of nitrogens with zero attached hydrogens (tertiary/aromatic N) is 4. The Morgan fingerprint density at radius 1 is 1.18 bits per heavy atom. The molecule has 11 heteroatoms. The third kappa shape index (κ3) is 5.32. The fourth-order valence-electron chi connectivity index (χ4n) is 3.58. The Balaban J connectivity index is 1.63. The molecular weight excluding hydrogens is 586 g/mol. The number of halogens is 2. The molecule has 1 atom stereocenters. The molecule has 0 fully saturated rings. The second-order valence-electron chi connectivity index (χ2n) is 7.63. The lowest BCUT2D eigenvalue weighted by molar-refractivity contribution is -0.144. The minimum atomic E-state index is -0.764. The van der Waals surface area contributed by atoms with Gasteiger partial charge in [0.15, 0.2) is 0 Å². The zero-order valence-electron chi connectivity index (χ0n) is 18.1. The first-order chi connectivity index (χ1) is 16.4. The van der Waals surface area contributed by atoms with Gasteiger partial charge in [0.05, 0.1) is 29.8 Å². The molecule has 0 spiro atoms.